The van der Waals surface area contributed by atoms with E-state index in [9.17, 15) is 4.79 Å². The van der Waals surface area contributed by atoms with E-state index in [1.807, 2.05) is 17.5 Å². The number of nitrogens with one attached hydrogen (secondary N) is 1. The molecule has 1 aromatic heterocycles. The first kappa shape index (κ1) is 12.4. The average Bonchev–Trinajstić information content (AvgIpc) is 3.09. The van der Waals surface area contributed by atoms with Gasteiger partial charge in [0.1, 0.15) is 0 Å². The first-order chi connectivity index (χ1) is 8.74. The highest BCUT2D eigenvalue weighted by Gasteiger charge is 2.41. The molecule has 0 radical (unpaired) electrons. The standard InChI is InChI=1S/C15H21NOS/c1-10(13-8-11-4-5-12(13)7-11)16-9-14(17)15-3-2-6-18-15/h2-3,6,10-13,16H,4-5,7-9H2,1H3. The number of carbonyl (C=O) groups excluding carboxylic acids is 1. The number of ketones is 1. The maximum absolute atomic E-state index is 11.9. The van der Waals surface area contributed by atoms with Crippen molar-refractivity contribution in [3.8, 4) is 0 Å². The van der Waals surface area contributed by atoms with Crippen molar-refractivity contribution in [1.82, 2.24) is 5.32 Å². The molecule has 4 atom stereocenters. The van der Waals surface area contributed by atoms with E-state index < -0.39 is 0 Å². The molecule has 4 unspecified atom stereocenters. The fourth-order valence-electron chi connectivity index (χ4n) is 3.84. The van der Waals surface area contributed by atoms with Crippen LogP contribution in [0.25, 0.3) is 0 Å². The lowest BCUT2D eigenvalue weighted by molar-refractivity contribution is 0.0985. The molecule has 2 aliphatic rings. The monoisotopic (exact) mass is 263 g/mol. The summed E-state index contributed by atoms with van der Waals surface area (Å²) >= 11 is 1.54. The van der Waals surface area contributed by atoms with Gasteiger partial charge in [0.25, 0.3) is 0 Å². The lowest BCUT2D eigenvalue weighted by Crippen LogP contribution is -2.39. The predicted molar refractivity (Wildman–Crippen MR) is 75.1 cm³/mol. The third-order valence-corrected chi connectivity index (χ3v) is 5.73. The topological polar surface area (TPSA) is 29.1 Å². The molecule has 2 saturated carbocycles. The Balaban J connectivity index is 1.50. The predicted octanol–water partition coefficient (Wildman–Crippen LogP) is 3.35. The summed E-state index contributed by atoms with van der Waals surface area (Å²) in [5.74, 6) is 2.95. The molecule has 0 aliphatic heterocycles. The summed E-state index contributed by atoms with van der Waals surface area (Å²) in [6.07, 6.45) is 5.68. The van der Waals surface area contributed by atoms with E-state index in [2.05, 4.69) is 12.2 Å². The molecule has 0 saturated heterocycles. The molecule has 18 heavy (non-hydrogen) atoms. The number of fused-ring (bicyclic) bond motifs is 2. The average molecular weight is 263 g/mol. The van der Waals surface area contributed by atoms with Crippen LogP contribution in [0.3, 0.4) is 0 Å². The van der Waals surface area contributed by atoms with E-state index in [0.29, 0.717) is 12.6 Å². The van der Waals surface area contributed by atoms with Gasteiger partial charge in [0.05, 0.1) is 11.4 Å². The highest BCUT2D eigenvalue weighted by Crippen LogP contribution is 2.49. The van der Waals surface area contributed by atoms with Crippen molar-refractivity contribution in [3.05, 3.63) is 22.4 Å². The molecule has 0 aromatic carbocycles. The van der Waals surface area contributed by atoms with Gasteiger partial charge in [-0.1, -0.05) is 12.5 Å². The summed E-state index contributed by atoms with van der Waals surface area (Å²) in [6.45, 7) is 2.75. The zero-order valence-electron chi connectivity index (χ0n) is 10.9. The largest absolute Gasteiger partial charge is 0.307 e. The second-order valence-electron chi connectivity index (χ2n) is 5.91. The Morgan fingerprint density at radius 3 is 3.00 bits per heavy atom. The minimum atomic E-state index is 0.236. The van der Waals surface area contributed by atoms with Crippen LogP contribution >= 0.6 is 11.3 Å². The maximum Gasteiger partial charge on any atom is 0.186 e. The smallest absolute Gasteiger partial charge is 0.186 e. The van der Waals surface area contributed by atoms with E-state index in [1.165, 1.54) is 37.0 Å². The van der Waals surface area contributed by atoms with Gasteiger partial charge >= 0.3 is 0 Å². The van der Waals surface area contributed by atoms with Crippen LogP contribution < -0.4 is 5.32 Å². The normalized spacial score (nSPS) is 31.7. The second kappa shape index (κ2) is 5.14. The molecule has 1 N–H and O–H groups in total. The number of hydrogen-bond acceptors (Lipinski definition) is 3. The van der Waals surface area contributed by atoms with Crippen LogP contribution in [0.5, 0.6) is 0 Å². The van der Waals surface area contributed by atoms with E-state index in [0.717, 1.165) is 22.6 Å². The van der Waals surface area contributed by atoms with Crippen molar-refractivity contribution >= 4 is 17.1 Å². The molecule has 0 amide bonds. The van der Waals surface area contributed by atoms with Gasteiger partial charge < -0.3 is 5.32 Å². The van der Waals surface area contributed by atoms with Gasteiger partial charge in [-0.15, -0.1) is 11.3 Å². The number of hydrogen-bond donors (Lipinski definition) is 1. The molecule has 3 rings (SSSR count). The van der Waals surface area contributed by atoms with Crippen LogP contribution in [0.2, 0.25) is 0 Å². The van der Waals surface area contributed by atoms with E-state index in [1.54, 1.807) is 0 Å². The Hall–Kier alpha value is -0.670. The first-order valence-electron chi connectivity index (χ1n) is 7.04. The molecular formula is C15H21NOS. The molecule has 1 heterocycles. The quantitative estimate of drug-likeness (QED) is 0.825. The Morgan fingerprint density at radius 2 is 2.39 bits per heavy atom. The van der Waals surface area contributed by atoms with E-state index >= 15 is 0 Å². The summed E-state index contributed by atoms with van der Waals surface area (Å²) in [6, 6.07) is 4.35. The zero-order valence-corrected chi connectivity index (χ0v) is 11.7. The second-order valence-corrected chi connectivity index (χ2v) is 6.86. The zero-order chi connectivity index (χ0) is 12.5. The van der Waals surface area contributed by atoms with Crippen LogP contribution in [0.15, 0.2) is 17.5 Å². The number of carbonyl (C=O) groups is 1. The lowest BCUT2D eigenvalue weighted by Gasteiger charge is -2.28. The Morgan fingerprint density at radius 1 is 1.50 bits per heavy atom. The first-order valence-corrected chi connectivity index (χ1v) is 7.92. The summed E-state index contributed by atoms with van der Waals surface area (Å²) < 4.78 is 0. The fraction of sp³-hybridized carbons (Fsp3) is 0.667. The highest BCUT2D eigenvalue weighted by atomic mass is 32.1. The fourth-order valence-corrected chi connectivity index (χ4v) is 4.50. The van der Waals surface area contributed by atoms with Crippen molar-refractivity contribution in [2.24, 2.45) is 17.8 Å². The van der Waals surface area contributed by atoms with Crippen LogP contribution in [0.4, 0.5) is 0 Å². The summed E-state index contributed by atoms with van der Waals surface area (Å²) in [5, 5.41) is 5.42. The van der Waals surface area contributed by atoms with Crippen molar-refractivity contribution in [2.75, 3.05) is 6.54 Å². The minimum Gasteiger partial charge on any atom is -0.307 e. The van der Waals surface area contributed by atoms with Crippen LogP contribution in [-0.4, -0.2) is 18.4 Å². The SMILES string of the molecule is CC(NCC(=O)c1cccs1)C1CC2CCC1C2. The number of rotatable bonds is 5. The highest BCUT2D eigenvalue weighted by molar-refractivity contribution is 7.12. The lowest BCUT2D eigenvalue weighted by atomic mass is 9.84. The van der Waals surface area contributed by atoms with Crippen LogP contribution in [0, 0.1) is 17.8 Å². The Bertz CT molecular complexity index is 414. The van der Waals surface area contributed by atoms with Crippen molar-refractivity contribution in [1.29, 1.82) is 0 Å². The van der Waals surface area contributed by atoms with Crippen LogP contribution in [0.1, 0.15) is 42.3 Å². The molecule has 98 valence electrons. The van der Waals surface area contributed by atoms with E-state index in [4.69, 9.17) is 0 Å². The number of Topliss-reactive ketones (excluding diaryl/α,β-unsaturated/α-hetero) is 1. The Kier molecular flexibility index (Phi) is 3.53. The summed E-state index contributed by atoms with van der Waals surface area (Å²) in [4.78, 5) is 12.8. The van der Waals surface area contributed by atoms with Crippen molar-refractivity contribution in [3.63, 3.8) is 0 Å². The molecule has 2 fully saturated rings. The molecule has 2 nitrogen and oxygen atoms in total. The molecule has 3 heteroatoms. The van der Waals surface area contributed by atoms with Crippen molar-refractivity contribution in [2.45, 2.75) is 38.6 Å². The van der Waals surface area contributed by atoms with Gasteiger partial charge in [-0.2, -0.15) is 0 Å². The van der Waals surface area contributed by atoms with Gasteiger partial charge in [-0.05, 0) is 55.4 Å². The number of thiophene rings is 1. The molecule has 1 aromatic rings. The molecular weight excluding hydrogens is 242 g/mol. The summed E-state index contributed by atoms with van der Waals surface area (Å²) in [7, 11) is 0. The third-order valence-electron chi connectivity index (χ3n) is 4.82. The van der Waals surface area contributed by atoms with Gasteiger partial charge in [0.2, 0.25) is 0 Å². The van der Waals surface area contributed by atoms with Crippen molar-refractivity contribution < 1.29 is 4.79 Å². The molecule has 2 bridgehead atoms. The molecule has 2 aliphatic carbocycles. The van der Waals surface area contributed by atoms with E-state index in [-0.39, 0.29) is 5.78 Å². The van der Waals surface area contributed by atoms with Gasteiger partial charge in [0, 0.05) is 6.04 Å². The Labute approximate surface area is 113 Å². The minimum absolute atomic E-state index is 0.236. The van der Waals surface area contributed by atoms with Crippen LogP contribution in [-0.2, 0) is 0 Å². The van der Waals surface area contributed by atoms with Gasteiger partial charge in [-0.25, -0.2) is 0 Å². The maximum atomic E-state index is 11.9. The molecule has 0 spiro atoms. The van der Waals surface area contributed by atoms with Gasteiger partial charge in [-0.3, -0.25) is 4.79 Å². The van der Waals surface area contributed by atoms with Gasteiger partial charge in [0.15, 0.2) is 5.78 Å². The third kappa shape index (κ3) is 2.39. The summed E-state index contributed by atoms with van der Waals surface area (Å²) in [5.41, 5.74) is 0.